The Hall–Kier alpha value is -2.40. The van der Waals surface area contributed by atoms with E-state index in [1.807, 2.05) is 30.3 Å². The predicted molar refractivity (Wildman–Crippen MR) is 97.4 cm³/mol. The zero-order valence-corrected chi connectivity index (χ0v) is 14.6. The Morgan fingerprint density at radius 3 is 3.00 bits per heavy atom. The Balaban J connectivity index is 1.53. The van der Waals surface area contributed by atoms with Crippen LogP contribution in [0.15, 0.2) is 48.8 Å². The third-order valence-electron chi connectivity index (χ3n) is 4.71. The molecule has 1 aliphatic rings. The highest BCUT2D eigenvalue weighted by Gasteiger charge is 2.27. The molecule has 0 spiro atoms. The van der Waals surface area contributed by atoms with Gasteiger partial charge in [0.1, 0.15) is 5.75 Å². The number of hydrogen-bond acceptors (Lipinski definition) is 4. The summed E-state index contributed by atoms with van der Waals surface area (Å²) in [5, 5.41) is 2.99. The van der Waals surface area contributed by atoms with Crippen LogP contribution in [-0.4, -0.2) is 42.0 Å². The first kappa shape index (κ1) is 17.4. The van der Waals surface area contributed by atoms with Crippen LogP contribution in [0, 0.1) is 0 Å². The number of carbonyl (C=O) groups excluding carboxylic acids is 1. The van der Waals surface area contributed by atoms with Gasteiger partial charge < -0.3 is 10.1 Å². The molecule has 1 saturated heterocycles. The summed E-state index contributed by atoms with van der Waals surface area (Å²) in [5.41, 5.74) is 2.22. The molecule has 25 heavy (non-hydrogen) atoms. The number of para-hydroxylation sites is 1. The summed E-state index contributed by atoms with van der Waals surface area (Å²) in [4.78, 5) is 18.6. The van der Waals surface area contributed by atoms with Crippen molar-refractivity contribution in [3.05, 3.63) is 59.9 Å². The molecular weight excluding hydrogens is 314 g/mol. The lowest BCUT2D eigenvalue weighted by molar-refractivity contribution is -0.122. The summed E-state index contributed by atoms with van der Waals surface area (Å²) in [6.07, 6.45) is 6.68. The van der Waals surface area contributed by atoms with Gasteiger partial charge >= 0.3 is 0 Å². The third kappa shape index (κ3) is 4.79. The number of likely N-dealkylation sites (tertiary alicyclic amines) is 1. The molecule has 3 rings (SSSR count). The number of pyridine rings is 1. The van der Waals surface area contributed by atoms with Crippen LogP contribution in [0.25, 0.3) is 0 Å². The van der Waals surface area contributed by atoms with Gasteiger partial charge in [-0.2, -0.15) is 0 Å². The van der Waals surface area contributed by atoms with Crippen molar-refractivity contribution in [2.75, 3.05) is 20.2 Å². The SMILES string of the molecule is COc1ccccc1C[C@H]1CCCN1CC(=O)NCc1cccnc1. The van der Waals surface area contributed by atoms with Gasteiger partial charge in [0.05, 0.1) is 13.7 Å². The number of carbonyl (C=O) groups is 1. The van der Waals surface area contributed by atoms with Crippen LogP contribution in [0.3, 0.4) is 0 Å². The molecule has 1 amide bonds. The van der Waals surface area contributed by atoms with E-state index in [0.29, 0.717) is 19.1 Å². The molecule has 1 atom stereocenters. The molecule has 1 aliphatic heterocycles. The lowest BCUT2D eigenvalue weighted by Gasteiger charge is -2.24. The molecule has 0 unspecified atom stereocenters. The summed E-state index contributed by atoms with van der Waals surface area (Å²) in [6.45, 7) is 1.94. The first-order valence-electron chi connectivity index (χ1n) is 8.78. The summed E-state index contributed by atoms with van der Waals surface area (Å²) >= 11 is 0. The van der Waals surface area contributed by atoms with Crippen molar-refractivity contribution < 1.29 is 9.53 Å². The molecule has 1 aromatic carbocycles. The second-order valence-electron chi connectivity index (χ2n) is 6.42. The minimum absolute atomic E-state index is 0.0655. The van der Waals surface area contributed by atoms with Crippen LogP contribution in [0.1, 0.15) is 24.0 Å². The van der Waals surface area contributed by atoms with E-state index < -0.39 is 0 Å². The first-order valence-corrected chi connectivity index (χ1v) is 8.78. The van der Waals surface area contributed by atoms with Crippen LogP contribution < -0.4 is 10.1 Å². The van der Waals surface area contributed by atoms with E-state index in [1.165, 1.54) is 5.56 Å². The van der Waals surface area contributed by atoms with Crippen LogP contribution in [-0.2, 0) is 17.8 Å². The number of methoxy groups -OCH3 is 1. The van der Waals surface area contributed by atoms with Crippen LogP contribution in [0.2, 0.25) is 0 Å². The highest BCUT2D eigenvalue weighted by Crippen LogP contribution is 2.25. The highest BCUT2D eigenvalue weighted by molar-refractivity contribution is 5.78. The van der Waals surface area contributed by atoms with Crippen LogP contribution in [0.5, 0.6) is 5.75 Å². The molecule has 2 aromatic rings. The summed E-state index contributed by atoms with van der Waals surface area (Å²) in [7, 11) is 1.71. The van der Waals surface area contributed by atoms with Crippen LogP contribution in [0.4, 0.5) is 0 Å². The number of nitrogens with one attached hydrogen (secondary N) is 1. The van der Waals surface area contributed by atoms with Crippen molar-refractivity contribution in [3.63, 3.8) is 0 Å². The summed E-state index contributed by atoms with van der Waals surface area (Å²) in [6, 6.07) is 12.4. The van der Waals surface area contributed by atoms with Gasteiger partial charge in [-0.05, 0) is 49.1 Å². The second kappa shape index (κ2) is 8.62. The third-order valence-corrected chi connectivity index (χ3v) is 4.71. The smallest absolute Gasteiger partial charge is 0.234 e. The van der Waals surface area contributed by atoms with Gasteiger partial charge in [0.25, 0.3) is 0 Å². The van der Waals surface area contributed by atoms with Crippen molar-refractivity contribution in [2.24, 2.45) is 0 Å². The molecular formula is C20H25N3O2. The van der Waals surface area contributed by atoms with E-state index in [4.69, 9.17) is 4.74 Å². The molecule has 2 heterocycles. The number of ether oxygens (including phenoxy) is 1. The number of amides is 1. The largest absolute Gasteiger partial charge is 0.496 e. The number of aromatic nitrogens is 1. The summed E-state index contributed by atoms with van der Waals surface area (Å²) in [5.74, 6) is 0.992. The van der Waals surface area contributed by atoms with Crippen molar-refractivity contribution in [1.29, 1.82) is 0 Å². The van der Waals surface area contributed by atoms with Gasteiger partial charge in [-0.3, -0.25) is 14.7 Å². The Labute approximate surface area is 149 Å². The van der Waals surface area contributed by atoms with Gasteiger partial charge in [0, 0.05) is 25.0 Å². The molecule has 0 radical (unpaired) electrons. The number of hydrogen-bond donors (Lipinski definition) is 1. The monoisotopic (exact) mass is 339 g/mol. The van der Waals surface area contributed by atoms with Gasteiger partial charge in [0.15, 0.2) is 0 Å². The van der Waals surface area contributed by atoms with E-state index >= 15 is 0 Å². The summed E-state index contributed by atoms with van der Waals surface area (Å²) < 4.78 is 5.46. The molecule has 0 saturated carbocycles. The molecule has 1 aromatic heterocycles. The Bertz CT molecular complexity index is 690. The average Bonchev–Trinajstić information content (AvgIpc) is 3.08. The molecule has 5 nitrogen and oxygen atoms in total. The zero-order valence-electron chi connectivity index (χ0n) is 14.6. The normalized spacial score (nSPS) is 17.4. The highest BCUT2D eigenvalue weighted by atomic mass is 16.5. The van der Waals surface area contributed by atoms with Crippen molar-refractivity contribution >= 4 is 5.91 Å². The number of benzene rings is 1. The predicted octanol–water partition coefficient (Wildman–Crippen LogP) is 2.41. The van der Waals surface area contributed by atoms with Gasteiger partial charge in [0.2, 0.25) is 5.91 Å². The second-order valence-corrected chi connectivity index (χ2v) is 6.42. The lowest BCUT2D eigenvalue weighted by Crippen LogP contribution is -2.40. The fraction of sp³-hybridized carbons (Fsp3) is 0.400. The van der Waals surface area contributed by atoms with Gasteiger partial charge in [-0.25, -0.2) is 0 Å². The fourth-order valence-corrected chi connectivity index (χ4v) is 3.40. The van der Waals surface area contributed by atoms with E-state index in [1.54, 1.807) is 19.5 Å². The van der Waals surface area contributed by atoms with Gasteiger partial charge in [-0.1, -0.05) is 24.3 Å². The number of rotatable bonds is 7. The Morgan fingerprint density at radius 1 is 1.32 bits per heavy atom. The first-order chi connectivity index (χ1) is 12.3. The van der Waals surface area contributed by atoms with E-state index in [9.17, 15) is 4.79 Å². The quantitative estimate of drug-likeness (QED) is 0.842. The Kier molecular flexibility index (Phi) is 6.01. The van der Waals surface area contributed by atoms with Crippen molar-refractivity contribution in [3.8, 4) is 5.75 Å². The van der Waals surface area contributed by atoms with E-state index in [2.05, 4.69) is 21.3 Å². The van der Waals surface area contributed by atoms with Gasteiger partial charge in [-0.15, -0.1) is 0 Å². The minimum Gasteiger partial charge on any atom is -0.496 e. The number of nitrogens with zero attached hydrogens (tertiary/aromatic N) is 2. The maximum atomic E-state index is 12.3. The van der Waals surface area contributed by atoms with Crippen molar-refractivity contribution in [2.45, 2.75) is 31.8 Å². The fourth-order valence-electron chi connectivity index (χ4n) is 3.40. The maximum Gasteiger partial charge on any atom is 0.234 e. The molecule has 1 fully saturated rings. The lowest BCUT2D eigenvalue weighted by atomic mass is 10.0. The zero-order chi connectivity index (χ0) is 17.5. The average molecular weight is 339 g/mol. The minimum atomic E-state index is 0.0655. The van der Waals surface area contributed by atoms with E-state index in [-0.39, 0.29) is 5.91 Å². The molecule has 0 bridgehead atoms. The Morgan fingerprint density at radius 2 is 2.20 bits per heavy atom. The standard InChI is InChI=1S/C20H25N3O2/c1-25-19-9-3-2-7-17(19)12-18-8-5-11-23(18)15-20(24)22-14-16-6-4-10-21-13-16/h2-4,6-7,9-10,13,18H,5,8,11-12,14-15H2,1H3,(H,22,24)/t18-/m1/s1. The molecule has 132 valence electrons. The van der Waals surface area contributed by atoms with Crippen LogP contribution >= 0.6 is 0 Å². The molecule has 0 aliphatic carbocycles. The topological polar surface area (TPSA) is 54.5 Å². The maximum absolute atomic E-state index is 12.3. The molecule has 1 N–H and O–H groups in total. The van der Waals surface area contributed by atoms with E-state index in [0.717, 1.165) is 37.1 Å². The van der Waals surface area contributed by atoms with Crippen molar-refractivity contribution in [1.82, 2.24) is 15.2 Å². The molecule has 5 heteroatoms.